The van der Waals surface area contributed by atoms with Crippen LogP contribution < -0.4 is 5.32 Å². The van der Waals surface area contributed by atoms with Crippen molar-refractivity contribution < 1.29 is 18.8 Å². The summed E-state index contributed by atoms with van der Waals surface area (Å²) in [7, 11) is 0. The Hall–Kier alpha value is -2.63. The lowest BCUT2D eigenvalue weighted by Gasteiger charge is -2.15. The molecule has 0 aliphatic carbocycles. The third-order valence-electron chi connectivity index (χ3n) is 3.97. The fourth-order valence-corrected chi connectivity index (χ4v) is 2.69. The number of nitrogens with one attached hydrogen (secondary N) is 1. The predicted molar refractivity (Wildman–Crippen MR) is 83.3 cm³/mol. The van der Waals surface area contributed by atoms with Gasteiger partial charge in [-0.3, -0.25) is 19.3 Å². The van der Waals surface area contributed by atoms with Gasteiger partial charge in [-0.25, -0.2) is 0 Å². The molecule has 2 aromatic rings. The Labute approximate surface area is 133 Å². The highest BCUT2D eigenvalue weighted by Gasteiger charge is 2.29. The van der Waals surface area contributed by atoms with E-state index in [0.29, 0.717) is 5.76 Å². The molecule has 2 heterocycles. The summed E-state index contributed by atoms with van der Waals surface area (Å²) >= 11 is 0. The lowest BCUT2D eigenvalue weighted by atomic mass is 10.2. The molecule has 3 rings (SSSR count). The summed E-state index contributed by atoms with van der Waals surface area (Å²) in [5.74, 6) is 0.0552. The van der Waals surface area contributed by atoms with Crippen molar-refractivity contribution in [1.82, 2.24) is 10.2 Å². The SMILES string of the molecule is C[C@H](NC(=O)CCN1C(=O)CCC1=O)c1cc2ccccc2o1. The molecule has 1 aromatic carbocycles. The van der Waals surface area contributed by atoms with Gasteiger partial charge in [-0.15, -0.1) is 0 Å². The Kier molecular flexibility index (Phi) is 4.14. The Morgan fingerprint density at radius 3 is 2.65 bits per heavy atom. The number of carbonyl (C=O) groups is 3. The van der Waals surface area contributed by atoms with Crippen LogP contribution in [0.15, 0.2) is 34.7 Å². The van der Waals surface area contributed by atoms with E-state index in [1.165, 1.54) is 0 Å². The van der Waals surface area contributed by atoms with Gasteiger partial charge in [0.15, 0.2) is 0 Å². The van der Waals surface area contributed by atoms with Crippen molar-refractivity contribution in [3.63, 3.8) is 0 Å². The van der Waals surface area contributed by atoms with Crippen molar-refractivity contribution in [3.05, 3.63) is 36.1 Å². The van der Waals surface area contributed by atoms with Gasteiger partial charge < -0.3 is 9.73 Å². The molecule has 120 valence electrons. The van der Waals surface area contributed by atoms with Gasteiger partial charge in [-0.1, -0.05) is 18.2 Å². The Balaban J connectivity index is 1.56. The third kappa shape index (κ3) is 3.26. The van der Waals surface area contributed by atoms with Crippen LogP contribution in [0.25, 0.3) is 11.0 Å². The molecule has 0 radical (unpaired) electrons. The van der Waals surface area contributed by atoms with Crippen molar-refractivity contribution in [2.24, 2.45) is 0 Å². The van der Waals surface area contributed by atoms with Crippen molar-refractivity contribution in [3.8, 4) is 0 Å². The maximum absolute atomic E-state index is 12.0. The van der Waals surface area contributed by atoms with E-state index in [0.717, 1.165) is 15.9 Å². The molecule has 1 fully saturated rings. The van der Waals surface area contributed by atoms with E-state index in [4.69, 9.17) is 4.42 Å². The van der Waals surface area contributed by atoms with Crippen LogP contribution in [-0.2, 0) is 14.4 Å². The Morgan fingerprint density at radius 1 is 1.26 bits per heavy atom. The van der Waals surface area contributed by atoms with Gasteiger partial charge in [0, 0.05) is 31.2 Å². The summed E-state index contributed by atoms with van der Waals surface area (Å²) in [6.07, 6.45) is 0.591. The molecule has 23 heavy (non-hydrogen) atoms. The molecular formula is C17H18N2O4. The summed E-state index contributed by atoms with van der Waals surface area (Å²) in [5, 5.41) is 3.81. The number of amides is 3. The molecule has 1 aromatic heterocycles. The van der Waals surface area contributed by atoms with Crippen molar-refractivity contribution in [1.29, 1.82) is 0 Å². The molecule has 0 spiro atoms. The number of hydrogen-bond acceptors (Lipinski definition) is 4. The standard InChI is InChI=1S/C17H18N2O4/c1-11(14-10-12-4-2-3-5-13(12)23-14)18-15(20)8-9-19-16(21)6-7-17(19)22/h2-5,10-11H,6-9H2,1H3,(H,18,20)/t11-/m0/s1. The number of imide groups is 1. The molecular weight excluding hydrogens is 296 g/mol. The zero-order chi connectivity index (χ0) is 16.4. The Morgan fingerprint density at radius 2 is 1.96 bits per heavy atom. The van der Waals surface area contributed by atoms with Crippen LogP contribution in [0.5, 0.6) is 0 Å². The molecule has 1 aliphatic rings. The highest BCUT2D eigenvalue weighted by molar-refractivity contribution is 6.02. The summed E-state index contributed by atoms with van der Waals surface area (Å²) in [6.45, 7) is 1.97. The average Bonchev–Trinajstić information content (AvgIpc) is 3.09. The first-order valence-corrected chi connectivity index (χ1v) is 7.65. The van der Waals surface area contributed by atoms with Crippen LogP contribution >= 0.6 is 0 Å². The number of furan rings is 1. The number of benzene rings is 1. The molecule has 1 atom stereocenters. The van der Waals surface area contributed by atoms with Gasteiger partial charge in [0.25, 0.3) is 0 Å². The summed E-state index contributed by atoms with van der Waals surface area (Å²) in [4.78, 5) is 36.2. The van der Waals surface area contributed by atoms with Crippen LogP contribution in [0.1, 0.15) is 38.0 Å². The van der Waals surface area contributed by atoms with Crippen LogP contribution in [0.2, 0.25) is 0 Å². The van der Waals surface area contributed by atoms with E-state index in [1.54, 1.807) is 0 Å². The van der Waals surface area contributed by atoms with Gasteiger partial charge in [0.05, 0.1) is 6.04 Å². The number of carbonyl (C=O) groups excluding carboxylic acids is 3. The maximum atomic E-state index is 12.0. The first kappa shape index (κ1) is 15.3. The first-order chi connectivity index (χ1) is 11.0. The number of nitrogens with zero attached hydrogens (tertiary/aromatic N) is 1. The molecule has 1 N–H and O–H groups in total. The van der Waals surface area contributed by atoms with Crippen molar-refractivity contribution >= 4 is 28.7 Å². The summed E-state index contributed by atoms with van der Waals surface area (Å²) < 4.78 is 5.71. The van der Waals surface area contributed by atoms with Crippen LogP contribution in [0.3, 0.4) is 0 Å². The average molecular weight is 314 g/mol. The molecule has 0 bridgehead atoms. The van der Waals surface area contributed by atoms with Crippen LogP contribution in [-0.4, -0.2) is 29.2 Å². The van der Waals surface area contributed by atoms with Gasteiger partial charge in [-0.05, 0) is 19.1 Å². The number of fused-ring (bicyclic) bond motifs is 1. The monoisotopic (exact) mass is 314 g/mol. The third-order valence-corrected chi connectivity index (χ3v) is 3.97. The second-order valence-corrected chi connectivity index (χ2v) is 5.66. The minimum atomic E-state index is -0.278. The van der Waals surface area contributed by atoms with Crippen LogP contribution in [0.4, 0.5) is 0 Å². The molecule has 1 aliphatic heterocycles. The normalized spacial score (nSPS) is 16.1. The van der Waals surface area contributed by atoms with E-state index >= 15 is 0 Å². The van der Waals surface area contributed by atoms with E-state index in [2.05, 4.69) is 5.32 Å². The molecule has 0 saturated carbocycles. The fraction of sp³-hybridized carbons (Fsp3) is 0.353. The fourth-order valence-electron chi connectivity index (χ4n) is 2.69. The lowest BCUT2D eigenvalue weighted by molar-refractivity contribution is -0.138. The van der Waals surface area contributed by atoms with Crippen molar-refractivity contribution in [2.45, 2.75) is 32.2 Å². The number of rotatable bonds is 5. The molecule has 0 unspecified atom stereocenters. The van der Waals surface area contributed by atoms with E-state index in [9.17, 15) is 14.4 Å². The molecule has 6 heteroatoms. The predicted octanol–water partition coefficient (Wildman–Crippen LogP) is 2.15. The minimum Gasteiger partial charge on any atom is -0.459 e. The quantitative estimate of drug-likeness (QED) is 0.858. The second kappa shape index (κ2) is 6.24. The maximum Gasteiger partial charge on any atom is 0.229 e. The second-order valence-electron chi connectivity index (χ2n) is 5.66. The molecule has 1 saturated heterocycles. The molecule has 3 amide bonds. The number of para-hydroxylation sites is 1. The highest BCUT2D eigenvalue weighted by atomic mass is 16.3. The smallest absolute Gasteiger partial charge is 0.229 e. The summed E-state index contributed by atoms with van der Waals surface area (Å²) in [6, 6.07) is 9.25. The Bertz CT molecular complexity index is 716. The number of likely N-dealkylation sites (tertiary alicyclic amines) is 1. The number of hydrogen-bond donors (Lipinski definition) is 1. The summed E-state index contributed by atoms with van der Waals surface area (Å²) in [5.41, 5.74) is 0.775. The minimum absolute atomic E-state index is 0.0993. The lowest BCUT2D eigenvalue weighted by Crippen LogP contribution is -2.34. The first-order valence-electron chi connectivity index (χ1n) is 7.65. The van der Waals surface area contributed by atoms with Gasteiger partial charge in [0.2, 0.25) is 17.7 Å². The van der Waals surface area contributed by atoms with Crippen molar-refractivity contribution in [2.75, 3.05) is 6.54 Å². The highest BCUT2D eigenvalue weighted by Crippen LogP contribution is 2.23. The van der Waals surface area contributed by atoms with E-state index in [1.807, 2.05) is 37.3 Å². The van der Waals surface area contributed by atoms with Gasteiger partial charge in [0.1, 0.15) is 11.3 Å². The zero-order valence-corrected chi connectivity index (χ0v) is 12.9. The van der Waals surface area contributed by atoms with Gasteiger partial charge in [-0.2, -0.15) is 0 Å². The van der Waals surface area contributed by atoms with Gasteiger partial charge >= 0.3 is 0 Å². The van der Waals surface area contributed by atoms with Crippen LogP contribution in [0, 0.1) is 0 Å². The topological polar surface area (TPSA) is 79.6 Å². The molecule has 6 nitrogen and oxygen atoms in total. The van der Waals surface area contributed by atoms with E-state index < -0.39 is 0 Å². The zero-order valence-electron chi connectivity index (χ0n) is 12.9. The largest absolute Gasteiger partial charge is 0.459 e. The van der Waals surface area contributed by atoms with E-state index in [-0.39, 0.29) is 49.6 Å².